The molecule has 1 heterocycles. The number of hydrogen-bond acceptors (Lipinski definition) is 3. The molecule has 0 aliphatic carbocycles. The molecule has 0 bridgehead atoms. The van der Waals surface area contributed by atoms with Crippen LogP contribution < -0.4 is 10.1 Å². The Labute approximate surface area is 124 Å². The van der Waals surface area contributed by atoms with Gasteiger partial charge in [0.1, 0.15) is 18.2 Å². The lowest BCUT2D eigenvalue weighted by Crippen LogP contribution is -2.03. The molecular weight excluding hydrogens is 260 g/mol. The molecule has 0 amide bonds. The van der Waals surface area contributed by atoms with Gasteiger partial charge < -0.3 is 10.1 Å². The molecule has 21 heavy (non-hydrogen) atoms. The maximum atomic E-state index is 5.93. The molecule has 1 N–H and O–H groups in total. The van der Waals surface area contributed by atoms with Crippen LogP contribution in [0.1, 0.15) is 11.1 Å². The lowest BCUT2D eigenvalue weighted by atomic mass is 10.1. The van der Waals surface area contributed by atoms with E-state index in [0.717, 1.165) is 33.6 Å². The molecule has 0 radical (unpaired) electrons. The predicted molar refractivity (Wildman–Crippen MR) is 86.8 cm³/mol. The first kappa shape index (κ1) is 13.4. The second-order valence-electron chi connectivity index (χ2n) is 4.99. The molecule has 3 rings (SSSR count). The molecule has 106 valence electrons. The summed E-state index contributed by atoms with van der Waals surface area (Å²) < 4.78 is 5.93. The standard InChI is InChI=1S/C18H18N2O/c1-13-7-3-6-10-17(13)21-12-15-11-14-8-4-5-9-16(14)20-18(15)19-2/h3-11H,12H2,1-2H3,(H,19,20). The number of fused-ring (bicyclic) bond motifs is 1. The molecule has 0 unspecified atom stereocenters. The van der Waals surface area contributed by atoms with Gasteiger partial charge in [-0.25, -0.2) is 4.98 Å². The minimum Gasteiger partial charge on any atom is -0.488 e. The maximum absolute atomic E-state index is 5.93. The summed E-state index contributed by atoms with van der Waals surface area (Å²) in [4.78, 5) is 4.64. The number of rotatable bonds is 4. The van der Waals surface area contributed by atoms with E-state index in [2.05, 4.69) is 22.4 Å². The maximum Gasteiger partial charge on any atom is 0.133 e. The van der Waals surface area contributed by atoms with E-state index in [-0.39, 0.29) is 0 Å². The minimum absolute atomic E-state index is 0.499. The first-order chi connectivity index (χ1) is 10.3. The van der Waals surface area contributed by atoms with Crippen LogP contribution >= 0.6 is 0 Å². The van der Waals surface area contributed by atoms with E-state index in [1.165, 1.54) is 0 Å². The molecule has 0 atom stereocenters. The summed E-state index contributed by atoms with van der Waals surface area (Å²) in [5.41, 5.74) is 3.18. The zero-order valence-electron chi connectivity index (χ0n) is 12.3. The summed E-state index contributed by atoms with van der Waals surface area (Å²) >= 11 is 0. The first-order valence-corrected chi connectivity index (χ1v) is 7.03. The highest BCUT2D eigenvalue weighted by molar-refractivity contribution is 5.81. The molecular formula is C18H18N2O. The number of nitrogens with one attached hydrogen (secondary N) is 1. The number of nitrogens with zero attached hydrogens (tertiary/aromatic N) is 1. The van der Waals surface area contributed by atoms with Gasteiger partial charge in [0.05, 0.1) is 5.52 Å². The Hall–Kier alpha value is -2.55. The zero-order chi connectivity index (χ0) is 14.7. The fraction of sp³-hybridized carbons (Fsp3) is 0.167. The molecule has 0 saturated carbocycles. The van der Waals surface area contributed by atoms with Crippen molar-refractivity contribution >= 4 is 16.7 Å². The number of benzene rings is 2. The molecule has 0 spiro atoms. The van der Waals surface area contributed by atoms with Crippen LogP contribution in [0.2, 0.25) is 0 Å². The predicted octanol–water partition coefficient (Wildman–Crippen LogP) is 4.16. The van der Waals surface area contributed by atoms with Gasteiger partial charge in [0.15, 0.2) is 0 Å². The summed E-state index contributed by atoms with van der Waals surface area (Å²) in [6, 6.07) is 18.3. The first-order valence-electron chi connectivity index (χ1n) is 7.03. The molecule has 1 aromatic heterocycles. The number of aromatic nitrogens is 1. The Morgan fingerprint density at radius 2 is 1.81 bits per heavy atom. The quantitative estimate of drug-likeness (QED) is 0.778. The van der Waals surface area contributed by atoms with Crippen molar-refractivity contribution in [2.45, 2.75) is 13.5 Å². The van der Waals surface area contributed by atoms with Crippen LogP contribution in [0.5, 0.6) is 5.75 Å². The van der Waals surface area contributed by atoms with Crippen LogP contribution in [0.3, 0.4) is 0 Å². The Morgan fingerprint density at radius 3 is 2.62 bits per heavy atom. The summed E-state index contributed by atoms with van der Waals surface area (Å²) in [5.74, 6) is 1.77. The molecule has 3 aromatic rings. The molecule has 2 aromatic carbocycles. The van der Waals surface area contributed by atoms with Crippen LogP contribution in [-0.2, 0) is 6.61 Å². The molecule has 3 heteroatoms. The van der Waals surface area contributed by atoms with Crippen molar-refractivity contribution in [2.24, 2.45) is 0 Å². The smallest absolute Gasteiger partial charge is 0.133 e. The lowest BCUT2D eigenvalue weighted by molar-refractivity contribution is 0.304. The topological polar surface area (TPSA) is 34.2 Å². The Kier molecular flexibility index (Phi) is 3.73. The normalized spacial score (nSPS) is 10.6. The largest absolute Gasteiger partial charge is 0.488 e. The van der Waals surface area contributed by atoms with Gasteiger partial charge in [-0.15, -0.1) is 0 Å². The van der Waals surface area contributed by atoms with Crippen LogP contribution in [-0.4, -0.2) is 12.0 Å². The SMILES string of the molecule is CNc1nc2ccccc2cc1COc1ccccc1C. The van der Waals surface area contributed by atoms with Crippen molar-refractivity contribution in [2.75, 3.05) is 12.4 Å². The van der Waals surface area contributed by atoms with Crippen molar-refractivity contribution in [3.05, 3.63) is 65.7 Å². The summed E-state index contributed by atoms with van der Waals surface area (Å²) in [6.07, 6.45) is 0. The number of anilines is 1. The van der Waals surface area contributed by atoms with Crippen molar-refractivity contribution in [3.8, 4) is 5.75 Å². The highest BCUT2D eigenvalue weighted by atomic mass is 16.5. The van der Waals surface area contributed by atoms with E-state index >= 15 is 0 Å². The van der Waals surface area contributed by atoms with Gasteiger partial charge >= 0.3 is 0 Å². The third kappa shape index (κ3) is 2.82. The molecule has 3 nitrogen and oxygen atoms in total. The van der Waals surface area contributed by atoms with E-state index in [0.29, 0.717) is 6.61 Å². The van der Waals surface area contributed by atoms with Crippen LogP contribution in [0, 0.1) is 6.92 Å². The summed E-state index contributed by atoms with van der Waals surface area (Å²) in [5, 5.41) is 4.27. The van der Waals surface area contributed by atoms with Crippen molar-refractivity contribution in [1.82, 2.24) is 4.98 Å². The number of ether oxygens (including phenoxy) is 1. The van der Waals surface area contributed by atoms with Gasteiger partial charge in [0, 0.05) is 18.0 Å². The fourth-order valence-corrected chi connectivity index (χ4v) is 2.36. The summed E-state index contributed by atoms with van der Waals surface area (Å²) in [6.45, 7) is 2.55. The highest BCUT2D eigenvalue weighted by Gasteiger charge is 2.07. The van der Waals surface area contributed by atoms with Gasteiger partial charge in [-0.1, -0.05) is 36.4 Å². The monoisotopic (exact) mass is 278 g/mol. The Bertz CT molecular complexity index is 768. The van der Waals surface area contributed by atoms with E-state index in [4.69, 9.17) is 4.74 Å². The third-order valence-electron chi connectivity index (χ3n) is 3.52. The molecule has 0 aliphatic heterocycles. The van der Waals surface area contributed by atoms with Gasteiger partial charge in [-0.2, -0.15) is 0 Å². The fourth-order valence-electron chi connectivity index (χ4n) is 2.36. The van der Waals surface area contributed by atoms with Crippen LogP contribution in [0.4, 0.5) is 5.82 Å². The summed E-state index contributed by atoms with van der Waals surface area (Å²) in [7, 11) is 1.88. The Balaban J connectivity index is 1.91. The number of aryl methyl sites for hydroxylation is 1. The minimum atomic E-state index is 0.499. The molecule has 0 fully saturated rings. The number of hydrogen-bond donors (Lipinski definition) is 1. The highest BCUT2D eigenvalue weighted by Crippen LogP contribution is 2.23. The van der Waals surface area contributed by atoms with Crippen molar-refractivity contribution in [3.63, 3.8) is 0 Å². The van der Waals surface area contributed by atoms with Gasteiger partial charge in [-0.3, -0.25) is 0 Å². The third-order valence-corrected chi connectivity index (χ3v) is 3.52. The van der Waals surface area contributed by atoms with E-state index in [9.17, 15) is 0 Å². The van der Waals surface area contributed by atoms with Gasteiger partial charge in [-0.05, 0) is 30.7 Å². The second kappa shape index (κ2) is 5.83. The average Bonchev–Trinajstić information content (AvgIpc) is 2.53. The van der Waals surface area contributed by atoms with Crippen LogP contribution in [0.15, 0.2) is 54.6 Å². The second-order valence-corrected chi connectivity index (χ2v) is 4.99. The van der Waals surface area contributed by atoms with E-state index < -0.39 is 0 Å². The van der Waals surface area contributed by atoms with Crippen molar-refractivity contribution in [1.29, 1.82) is 0 Å². The number of pyridine rings is 1. The average molecular weight is 278 g/mol. The molecule has 0 aliphatic rings. The van der Waals surface area contributed by atoms with E-state index in [1.807, 2.05) is 56.4 Å². The van der Waals surface area contributed by atoms with E-state index in [1.54, 1.807) is 0 Å². The van der Waals surface area contributed by atoms with Gasteiger partial charge in [0.2, 0.25) is 0 Å². The molecule has 0 saturated heterocycles. The van der Waals surface area contributed by atoms with Crippen molar-refractivity contribution < 1.29 is 4.74 Å². The van der Waals surface area contributed by atoms with Crippen LogP contribution in [0.25, 0.3) is 10.9 Å². The number of para-hydroxylation sites is 2. The zero-order valence-corrected chi connectivity index (χ0v) is 12.3. The Morgan fingerprint density at radius 1 is 1.05 bits per heavy atom. The van der Waals surface area contributed by atoms with Gasteiger partial charge in [0.25, 0.3) is 0 Å². The lowest BCUT2D eigenvalue weighted by Gasteiger charge is -2.12.